The maximum atomic E-state index is 6.07. The normalized spacial score (nSPS) is 18.6. The number of ether oxygens (including phenoxy) is 2. The van der Waals surface area contributed by atoms with Crippen molar-refractivity contribution in [1.29, 1.82) is 0 Å². The zero-order valence-corrected chi connectivity index (χ0v) is 13.4. The number of fused-ring (bicyclic) bond motifs is 1. The average molecular weight is 341 g/mol. The molecule has 1 atom stereocenters. The number of hydrogen-bond acceptors (Lipinski definition) is 4. The Morgan fingerprint density at radius 1 is 1.40 bits per heavy atom. The molecule has 5 heteroatoms. The number of nitrogens with two attached hydrogens (primary N) is 1. The van der Waals surface area contributed by atoms with E-state index >= 15 is 0 Å². The summed E-state index contributed by atoms with van der Waals surface area (Å²) in [5.41, 5.74) is 7.28. The van der Waals surface area contributed by atoms with Crippen molar-refractivity contribution in [2.45, 2.75) is 38.3 Å². The average Bonchev–Trinajstić information content (AvgIpc) is 3.16. The summed E-state index contributed by atoms with van der Waals surface area (Å²) in [5, 5.41) is 0. The van der Waals surface area contributed by atoms with Crippen molar-refractivity contribution in [3.05, 3.63) is 22.2 Å². The van der Waals surface area contributed by atoms with Gasteiger partial charge in [-0.25, -0.2) is 0 Å². The predicted molar refractivity (Wildman–Crippen MR) is 82.1 cm³/mol. The van der Waals surface area contributed by atoms with E-state index in [1.54, 1.807) is 0 Å². The molecule has 0 bridgehead atoms. The van der Waals surface area contributed by atoms with E-state index in [4.69, 9.17) is 15.2 Å². The smallest absolute Gasteiger partial charge is 0.231 e. The molecule has 0 aromatic heterocycles. The SMILES string of the molecule is CCCN(C1CC1)C(CN)c1cc(Br)c2c(c1)OCO2. The third-order valence-corrected chi connectivity index (χ3v) is 4.54. The zero-order chi connectivity index (χ0) is 14.1. The minimum Gasteiger partial charge on any atom is -0.454 e. The van der Waals surface area contributed by atoms with Gasteiger partial charge in [-0.1, -0.05) is 6.92 Å². The highest BCUT2D eigenvalue weighted by Gasteiger charge is 2.34. The lowest BCUT2D eigenvalue weighted by Crippen LogP contribution is -2.36. The van der Waals surface area contributed by atoms with Crippen LogP contribution in [0.2, 0.25) is 0 Å². The lowest BCUT2D eigenvalue weighted by Gasteiger charge is -2.31. The predicted octanol–water partition coefficient (Wildman–Crippen LogP) is 3.05. The van der Waals surface area contributed by atoms with Gasteiger partial charge in [-0.2, -0.15) is 0 Å². The van der Waals surface area contributed by atoms with Gasteiger partial charge in [0.15, 0.2) is 11.5 Å². The molecule has 1 aromatic rings. The Bertz CT molecular complexity index is 491. The van der Waals surface area contributed by atoms with Crippen molar-refractivity contribution in [1.82, 2.24) is 4.90 Å². The second-order valence-electron chi connectivity index (χ2n) is 5.46. The summed E-state index contributed by atoms with van der Waals surface area (Å²) < 4.78 is 11.9. The Hall–Kier alpha value is -0.780. The monoisotopic (exact) mass is 340 g/mol. The van der Waals surface area contributed by atoms with Gasteiger partial charge < -0.3 is 15.2 Å². The Labute approximate surface area is 128 Å². The number of halogens is 1. The van der Waals surface area contributed by atoms with Crippen LogP contribution in [0.25, 0.3) is 0 Å². The molecule has 1 aromatic carbocycles. The van der Waals surface area contributed by atoms with Crippen LogP contribution >= 0.6 is 15.9 Å². The van der Waals surface area contributed by atoms with E-state index in [1.807, 2.05) is 0 Å². The Balaban J connectivity index is 1.90. The van der Waals surface area contributed by atoms with Gasteiger partial charge in [0.25, 0.3) is 0 Å². The molecule has 1 saturated carbocycles. The van der Waals surface area contributed by atoms with E-state index in [0.717, 1.165) is 28.9 Å². The fourth-order valence-corrected chi connectivity index (χ4v) is 3.47. The van der Waals surface area contributed by atoms with E-state index in [2.05, 4.69) is 39.9 Å². The first-order chi connectivity index (χ1) is 9.74. The molecule has 1 unspecified atom stereocenters. The molecule has 4 nitrogen and oxygen atoms in total. The van der Waals surface area contributed by atoms with Crippen molar-refractivity contribution in [2.24, 2.45) is 5.73 Å². The number of nitrogens with zero attached hydrogens (tertiary/aromatic N) is 1. The molecule has 1 fully saturated rings. The van der Waals surface area contributed by atoms with E-state index in [-0.39, 0.29) is 6.04 Å². The minimum absolute atomic E-state index is 0.258. The van der Waals surface area contributed by atoms with Crippen LogP contribution in [0.5, 0.6) is 11.5 Å². The maximum absolute atomic E-state index is 6.07. The fraction of sp³-hybridized carbons (Fsp3) is 0.600. The zero-order valence-electron chi connectivity index (χ0n) is 11.8. The van der Waals surface area contributed by atoms with Crippen molar-refractivity contribution < 1.29 is 9.47 Å². The lowest BCUT2D eigenvalue weighted by atomic mass is 10.0. The number of rotatable bonds is 6. The van der Waals surface area contributed by atoms with E-state index in [1.165, 1.54) is 18.4 Å². The Kier molecular flexibility index (Phi) is 4.19. The van der Waals surface area contributed by atoms with Gasteiger partial charge in [0.1, 0.15) is 0 Å². The van der Waals surface area contributed by atoms with Gasteiger partial charge in [0.2, 0.25) is 6.79 Å². The molecule has 0 radical (unpaired) electrons. The van der Waals surface area contributed by atoms with Crippen LogP contribution in [-0.4, -0.2) is 30.8 Å². The van der Waals surface area contributed by atoms with E-state index in [0.29, 0.717) is 19.4 Å². The molecule has 110 valence electrons. The van der Waals surface area contributed by atoms with Crippen LogP contribution in [0.1, 0.15) is 37.8 Å². The van der Waals surface area contributed by atoms with E-state index in [9.17, 15) is 0 Å². The van der Waals surface area contributed by atoms with E-state index < -0.39 is 0 Å². The third-order valence-electron chi connectivity index (χ3n) is 3.96. The molecule has 2 aliphatic rings. The van der Waals surface area contributed by atoms with Gasteiger partial charge in [0, 0.05) is 18.6 Å². The first kappa shape index (κ1) is 14.2. The summed E-state index contributed by atoms with van der Waals surface area (Å²) in [4.78, 5) is 2.55. The molecule has 1 aliphatic carbocycles. The highest BCUT2D eigenvalue weighted by Crippen LogP contribution is 2.43. The molecular weight excluding hydrogens is 320 g/mol. The van der Waals surface area contributed by atoms with Crippen LogP contribution in [-0.2, 0) is 0 Å². The molecule has 0 spiro atoms. The first-order valence-corrected chi connectivity index (χ1v) is 8.08. The fourth-order valence-electron chi connectivity index (χ4n) is 2.90. The van der Waals surface area contributed by atoms with Crippen molar-refractivity contribution >= 4 is 15.9 Å². The van der Waals surface area contributed by atoms with Crippen molar-refractivity contribution in [3.8, 4) is 11.5 Å². The number of hydrogen-bond donors (Lipinski definition) is 1. The standard InChI is InChI=1S/C15H21BrN2O2/c1-2-5-18(11-3-4-11)13(8-17)10-6-12(16)15-14(7-10)19-9-20-15/h6-7,11,13H,2-5,8-9,17H2,1H3. The summed E-state index contributed by atoms with van der Waals surface area (Å²) in [5.74, 6) is 1.62. The molecule has 3 rings (SSSR count). The summed E-state index contributed by atoms with van der Waals surface area (Å²) >= 11 is 3.57. The molecule has 0 saturated heterocycles. The van der Waals surface area contributed by atoms with Gasteiger partial charge in [-0.3, -0.25) is 4.90 Å². The molecule has 20 heavy (non-hydrogen) atoms. The summed E-state index contributed by atoms with van der Waals surface area (Å²) in [6.07, 6.45) is 3.74. The molecular formula is C15H21BrN2O2. The lowest BCUT2D eigenvalue weighted by molar-refractivity contribution is 0.173. The molecule has 2 N–H and O–H groups in total. The van der Waals surface area contributed by atoms with Crippen LogP contribution < -0.4 is 15.2 Å². The molecule has 1 aliphatic heterocycles. The van der Waals surface area contributed by atoms with Crippen LogP contribution in [0, 0.1) is 0 Å². The number of benzene rings is 1. The van der Waals surface area contributed by atoms with Crippen LogP contribution in [0.4, 0.5) is 0 Å². The first-order valence-electron chi connectivity index (χ1n) is 7.29. The summed E-state index contributed by atoms with van der Waals surface area (Å²) in [6, 6.07) is 5.16. The summed E-state index contributed by atoms with van der Waals surface area (Å²) in [6.45, 7) is 4.24. The van der Waals surface area contributed by atoms with Gasteiger partial charge in [-0.15, -0.1) is 0 Å². The quantitative estimate of drug-likeness (QED) is 0.864. The molecule has 1 heterocycles. The van der Waals surface area contributed by atoms with Crippen molar-refractivity contribution in [2.75, 3.05) is 19.9 Å². The highest BCUT2D eigenvalue weighted by molar-refractivity contribution is 9.10. The summed E-state index contributed by atoms with van der Waals surface area (Å²) in [7, 11) is 0. The topological polar surface area (TPSA) is 47.7 Å². The van der Waals surface area contributed by atoms with Crippen LogP contribution in [0.3, 0.4) is 0 Å². The second-order valence-corrected chi connectivity index (χ2v) is 6.31. The maximum Gasteiger partial charge on any atom is 0.231 e. The van der Waals surface area contributed by atoms with Gasteiger partial charge in [-0.05, 0) is 59.4 Å². The largest absolute Gasteiger partial charge is 0.454 e. The van der Waals surface area contributed by atoms with Crippen molar-refractivity contribution in [3.63, 3.8) is 0 Å². The Morgan fingerprint density at radius 3 is 2.85 bits per heavy atom. The molecule has 0 amide bonds. The van der Waals surface area contributed by atoms with Gasteiger partial charge in [0.05, 0.1) is 4.47 Å². The minimum atomic E-state index is 0.258. The third kappa shape index (κ3) is 2.67. The highest BCUT2D eigenvalue weighted by atomic mass is 79.9. The second kappa shape index (κ2) is 5.92. The Morgan fingerprint density at radius 2 is 2.20 bits per heavy atom. The van der Waals surface area contributed by atoms with Crippen LogP contribution in [0.15, 0.2) is 16.6 Å². The van der Waals surface area contributed by atoms with Gasteiger partial charge >= 0.3 is 0 Å².